The van der Waals surface area contributed by atoms with E-state index in [-0.39, 0.29) is 11.3 Å². The number of hydroxylamine groups is 1. The van der Waals surface area contributed by atoms with Gasteiger partial charge in [0.2, 0.25) is 0 Å². The minimum atomic E-state index is -0.319. The molecule has 0 aromatic carbocycles. The molecule has 1 aliphatic rings. The average Bonchev–Trinajstić information content (AvgIpc) is 1.86. The first kappa shape index (κ1) is 5.56. The predicted octanol–water partition coefficient (Wildman–Crippen LogP) is 0.0740. The zero-order valence-corrected chi connectivity index (χ0v) is 5.02. The Hall–Kier alpha value is -0.570. The number of nitrogens with one attached hydrogen (secondary N) is 1. The van der Waals surface area contributed by atoms with Crippen molar-refractivity contribution in [3.05, 3.63) is 0 Å². The smallest absolute Gasteiger partial charge is 0.251 e. The normalized spacial score (nSPS) is 25.5. The molecule has 3 heteroatoms. The maximum absolute atomic E-state index is 10.7. The SMILES string of the molecule is CC1(C)CONC1=O. The van der Waals surface area contributed by atoms with E-state index in [1.165, 1.54) is 0 Å². The number of amides is 1. The van der Waals surface area contributed by atoms with Crippen LogP contribution in [0.4, 0.5) is 0 Å². The summed E-state index contributed by atoms with van der Waals surface area (Å²) < 4.78 is 0. The van der Waals surface area contributed by atoms with Crippen LogP contribution in [0, 0.1) is 5.41 Å². The van der Waals surface area contributed by atoms with Crippen molar-refractivity contribution in [1.29, 1.82) is 0 Å². The molecule has 0 saturated carbocycles. The van der Waals surface area contributed by atoms with Gasteiger partial charge >= 0.3 is 0 Å². The lowest BCUT2D eigenvalue weighted by molar-refractivity contribution is -0.128. The van der Waals surface area contributed by atoms with Gasteiger partial charge in [0.05, 0.1) is 12.0 Å². The summed E-state index contributed by atoms with van der Waals surface area (Å²) in [6, 6.07) is 0. The van der Waals surface area contributed by atoms with E-state index >= 15 is 0 Å². The highest BCUT2D eigenvalue weighted by atomic mass is 16.7. The number of carbonyl (C=O) groups is 1. The number of rotatable bonds is 0. The molecule has 1 saturated heterocycles. The van der Waals surface area contributed by atoms with Crippen LogP contribution in [-0.4, -0.2) is 12.5 Å². The van der Waals surface area contributed by atoms with E-state index in [0.717, 1.165) is 0 Å². The zero-order chi connectivity index (χ0) is 6.20. The molecule has 1 rings (SSSR count). The first-order chi connectivity index (χ1) is 3.63. The van der Waals surface area contributed by atoms with Gasteiger partial charge in [0, 0.05) is 0 Å². The monoisotopic (exact) mass is 115 g/mol. The van der Waals surface area contributed by atoms with Crippen LogP contribution in [0.1, 0.15) is 13.8 Å². The van der Waals surface area contributed by atoms with Crippen LogP contribution < -0.4 is 5.48 Å². The third-order valence-corrected chi connectivity index (χ3v) is 1.21. The molecule has 0 atom stereocenters. The molecule has 1 N–H and O–H groups in total. The van der Waals surface area contributed by atoms with Gasteiger partial charge in [0.25, 0.3) is 5.91 Å². The molecule has 1 heterocycles. The molecule has 1 fully saturated rings. The van der Waals surface area contributed by atoms with Crippen LogP contribution in [0.5, 0.6) is 0 Å². The van der Waals surface area contributed by atoms with E-state index in [4.69, 9.17) is 0 Å². The molecule has 0 aromatic heterocycles. The summed E-state index contributed by atoms with van der Waals surface area (Å²) in [5.74, 6) is -0.0301. The van der Waals surface area contributed by atoms with E-state index in [0.29, 0.717) is 6.61 Å². The molecule has 0 aromatic rings. The van der Waals surface area contributed by atoms with Crippen molar-refractivity contribution in [1.82, 2.24) is 5.48 Å². The van der Waals surface area contributed by atoms with Gasteiger partial charge in [-0.05, 0) is 13.8 Å². The first-order valence-electron chi connectivity index (χ1n) is 2.55. The molecule has 8 heavy (non-hydrogen) atoms. The van der Waals surface area contributed by atoms with Crippen molar-refractivity contribution >= 4 is 5.91 Å². The molecule has 3 nitrogen and oxygen atoms in total. The van der Waals surface area contributed by atoms with Crippen LogP contribution in [-0.2, 0) is 9.63 Å². The fourth-order valence-electron chi connectivity index (χ4n) is 0.486. The van der Waals surface area contributed by atoms with Gasteiger partial charge in [0.1, 0.15) is 0 Å². The summed E-state index contributed by atoms with van der Waals surface area (Å²) in [6.45, 7) is 4.16. The van der Waals surface area contributed by atoms with Gasteiger partial charge in [-0.1, -0.05) is 0 Å². The van der Waals surface area contributed by atoms with Gasteiger partial charge in [-0.3, -0.25) is 9.63 Å². The van der Waals surface area contributed by atoms with Crippen molar-refractivity contribution < 1.29 is 9.63 Å². The molecule has 0 aliphatic carbocycles. The van der Waals surface area contributed by atoms with Gasteiger partial charge < -0.3 is 0 Å². The Labute approximate surface area is 48.0 Å². The number of hydrogen-bond acceptors (Lipinski definition) is 2. The van der Waals surface area contributed by atoms with Crippen LogP contribution >= 0.6 is 0 Å². The molecule has 0 radical (unpaired) electrons. The topological polar surface area (TPSA) is 38.3 Å². The van der Waals surface area contributed by atoms with Crippen molar-refractivity contribution in [2.75, 3.05) is 6.61 Å². The molecule has 0 spiro atoms. The van der Waals surface area contributed by atoms with Crippen LogP contribution in [0.2, 0.25) is 0 Å². The summed E-state index contributed by atoms with van der Waals surface area (Å²) in [4.78, 5) is 15.3. The summed E-state index contributed by atoms with van der Waals surface area (Å²) in [7, 11) is 0. The predicted molar refractivity (Wildman–Crippen MR) is 27.9 cm³/mol. The van der Waals surface area contributed by atoms with E-state index < -0.39 is 0 Å². The summed E-state index contributed by atoms with van der Waals surface area (Å²) in [6.07, 6.45) is 0. The molecule has 0 bridgehead atoms. The van der Waals surface area contributed by atoms with Gasteiger partial charge in [-0.25, -0.2) is 5.48 Å². The van der Waals surface area contributed by atoms with Gasteiger partial charge in [0.15, 0.2) is 0 Å². The van der Waals surface area contributed by atoms with Gasteiger partial charge in [-0.15, -0.1) is 0 Å². The van der Waals surface area contributed by atoms with Crippen molar-refractivity contribution in [3.8, 4) is 0 Å². The van der Waals surface area contributed by atoms with Crippen molar-refractivity contribution in [2.24, 2.45) is 5.41 Å². The van der Waals surface area contributed by atoms with E-state index in [1.807, 2.05) is 13.8 Å². The Morgan fingerprint density at radius 3 is 2.50 bits per heavy atom. The Kier molecular flexibility index (Phi) is 1.01. The Morgan fingerprint density at radius 2 is 2.38 bits per heavy atom. The molecular weight excluding hydrogens is 106 g/mol. The molecule has 0 unspecified atom stereocenters. The summed E-state index contributed by atoms with van der Waals surface area (Å²) in [5.41, 5.74) is 1.95. The quantitative estimate of drug-likeness (QED) is 0.485. The Morgan fingerprint density at radius 1 is 1.75 bits per heavy atom. The van der Waals surface area contributed by atoms with Crippen LogP contribution in [0.25, 0.3) is 0 Å². The molecular formula is C5H9NO2. The third kappa shape index (κ3) is 0.690. The molecule has 46 valence electrons. The largest absolute Gasteiger partial charge is 0.273 e. The number of carbonyl (C=O) groups excluding carboxylic acids is 1. The fourth-order valence-corrected chi connectivity index (χ4v) is 0.486. The highest BCUT2D eigenvalue weighted by Gasteiger charge is 2.33. The maximum atomic E-state index is 10.7. The minimum absolute atomic E-state index is 0.0301. The Balaban J connectivity index is 2.68. The number of hydrogen-bond donors (Lipinski definition) is 1. The van der Waals surface area contributed by atoms with Crippen LogP contribution in [0.3, 0.4) is 0 Å². The Bertz CT molecular complexity index is 120. The second kappa shape index (κ2) is 1.45. The molecule has 1 amide bonds. The maximum Gasteiger partial charge on any atom is 0.251 e. The first-order valence-corrected chi connectivity index (χ1v) is 2.55. The van der Waals surface area contributed by atoms with Crippen LogP contribution in [0.15, 0.2) is 0 Å². The molecule has 1 aliphatic heterocycles. The second-order valence-corrected chi connectivity index (χ2v) is 2.60. The van der Waals surface area contributed by atoms with E-state index in [9.17, 15) is 4.79 Å². The fraction of sp³-hybridized carbons (Fsp3) is 0.800. The minimum Gasteiger partial charge on any atom is -0.273 e. The van der Waals surface area contributed by atoms with E-state index in [2.05, 4.69) is 10.3 Å². The lowest BCUT2D eigenvalue weighted by Crippen LogP contribution is -2.25. The highest BCUT2D eigenvalue weighted by Crippen LogP contribution is 2.19. The van der Waals surface area contributed by atoms with Crippen molar-refractivity contribution in [3.63, 3.8) is 0 Å². The highest BCUT2D eigenvalue weighted by molar-refractivity contribution is 5.82. The lowest BCUT2D eigenvalue weighted by Gasteiger charge is -2.07. The summed E-state index contributed by atoms with van der Waals surface area (Å²) in [5, 5.41) is 0. The third-order valence-electron chi connectivity index (χ3n) is 1.21. The summed E-state index contributed by atoms with van der Waals surface area (Å²) >= 11 is 0. The van der Waals surface area contributed by atoms with Crippen molar-refractivity contribution in [2.45, 2.75) is 13.8 Å². The van der Waals surface area contributed by atoms with Gasteiger partial charge in [-0.2, -0.15) is 0 Å². The lowest BCUT2D eigenvalue weighted by atomic mass is 9.95. The standard InChI is InChI=1S/C5H9NO2/c1-5(2)3-8-6-4(5)7/h3H2,1-2H3,(H,6,7). The van der Waals surface area contributed by atoms with E-state index in [1.54, 1.807) is 0 Å². The average molecular weight is 115 g/mol. The zero-order valence-electron chi connectivity index (χ0n) is 5.02. The second-order valence-electron chi connectivity index (χ2n) is 2.60.